The quantitative estimate of drug-likeness (QED) is 0.469. The van der Waals surface area contributed by atoms with Crippen LogP contribution in [0.1, 0.15) is 62.6 Å². The van der Waals surface area contributed by atoms with Crippen molar-refractivity contribution in [3.8, 4) is 11.4 Å². The minimum Gasteiger partial charge on any atom is -0.371 e. The van der Waals surface area contributed by atoms with Crippen molar-refractivity contribution in [1.29, 1.82) is 0 Å². The Morgan fingerprint density at radius 3 is 2.57 bits per heavy atom. The van der Waals surface area contributed by atoms with Crippen molar-refractivity contribution in [1.82, 2.24) is 20.4 Å². The monoisotopic (exact) mass is 501 g/mol. The predicted octanol–water partition coefficient (Wildman–Crippen LogP) is 5.37. The molecule has 1 aromatic heterocycles. The standard InChI is InChI=1S/C30H39N5O2/c1-21-8-10-25(11-9-21)29-32-28(37-33-29)20-34-16-5-7-26(19-34)30(36)31-23(3)24-12-14-27(15-13-24)35-17-4-6-22(2)18-35/h8-15,22-23,26H,4-7,16-20H2,1-3H3,(H,31,36). The lowest BCUT2D eigenvalue weighted by Gasteiger charge is -2.33. The van der Waals surface area contributed by atoms with Gasteiger partial charge in [0.25, 0.3) is 0 Å². The van der Waals surface area contributed by atoms with E-state index in [1.54, 1.807) is 0 Å². The second kappa shape index (κ2) is 11.5. The van der Waals surface area contributed by atoms with Crippen molar-refractivity contribution in [3.63, 3.8) is 0 Å². The first-order chi connectivity index (χ1) is 17.9. The molecule has 3 unspecified atom stereocenters. The number of carbonyl (C=O) groups excluding carboxylic acids is 1. The molecule has 5 rings (SSSR count). The van der Waals surface area contributed by atoms with Crippen LogP contribution >= 0.6 is 0 Å². The summed E-state index contributed by atoms with van der Waals surface area (Å²) in [5.41, 5.74) is 4.57. The van der Waals surface area contributed by atoms with Crippen LogP contribution in [-0.2, 0) is 11.3 Å². The molecule has 3 aromatic rings. The lowest BCUT2D eigenvalue weighted by molar-refractivity contribution is -0.127. The maximum Gasteiger partial charge on any atom is 0.241 e. The summed E-state index contributed by atoms with van der Waals surface area (Å²) in [5.74, 6) is 2.03. The number of carbonyl (C=O) groups is 1. The fourth-order valence-electron chi connectivity index (χ4n) is 5.56. The highest BCUT2D eigenvalue weighted by molar-refractivity contribution is 5.79. The van der Waals surface area contributed by atoms with Gasteiger partial charge in [0.05, 0.1) is 18.5 Å². The van der Waals surface area contributed by atoms with Crippen molar-refractivity contribution in [2.75, 3.05) is 31.1 Å². The molecule has 7 heteroatoms. The zero-order chi connectivity index (χ0) is 25.8. The molecular formula is C30H39N5O2. The third-order valence-corrected chi connectivity index (χ3v) is 7.79. The van der Waals surface area contributed by atoms with Gasteiger partial charge in [-0.15, -0.1) is 0 Å². The Kier molecular flexibility index (Phi) is 7.89. The molecule has 0 spiro atoms. The molecule has 0 radical (unpaired) electrons. The number of aryl methyl sites for hydroxylation is 1. The Labute approximate surface area is 220 Å². The Hall–Kier alpha value is -3.19. The number of nitrogens with one attached hydrogen (secondary N) is 1. The largest absolute Gasteiger partial charge is 0.371 e. The lowest BCUT2D eigenvalue weighted by atomic mass is 9.96. The molecule has 0 saturated carbocycles. The van der Waals surface area contributed by atoms with Crippen molar-refractivity contribution in [2.45, 2.75) is 59.0 Å². The zero-order valence-electron chi connectivity index (χ0n) is 22.3. The highest BCUT2D eigenvalue weighted by Gasteiger charge is 2.28. The molecule has 2 aromatic carbocycles. The molecular weight excluding hydrogens is 462 g/mol. The summed E-state index contributed by atoms with van der Waals surface area (Å²) >= 11 is 0. The van der Waals surface area contributed by atoms with E-state index in [0.717, 1.165) is 49.5 Å². The van der Waals surface area contributed by atoms with E-state index < -0.39 is 0 Å². The Morgan fingerprint density at radius 2 is 1.81 bits per heavy atom. The van der Waals surface area contributed by atoms with Crippen molar-refractivity contribution in [2.24, 2.45) is 11.8 Å². The number of amides is 1. The van der Waals surface area contributed by atoms with Gasteiger partial charge >= 0.3 is 0 Å². The lowest BCUT2D eigenvalue weighted by Crippen LogP contribution is -2.43. The number of benzene rings is 2. The van der Waals surface area contributed by atoms with Gasteiger partial charge in [-0.1, -0.05) is 54.0 Å². The third-order valence-electron chi connectivity index (χ3n) is 7.79. The highest BCUT2D eigenvalue weighted by Crippen LogP contribution is 2.26. The summed E-state index contributed by atoms with van der Waals surface area (Å²) in [6.45, 7) is 10.9. The van der Waals surface area contributed by atoms with Crippen LogP contribution in [0.4, 0.5) is 5.69 Å². The van der Waals surface area contributed by atoms with Crippen LogP contribution in [0.25, 0.3) is 11.4 Å². The average molecular weight is 502 g/mol. The molecule has 1 N–H and O–H groups in total. The topological polar surface area (TPSA) is 74.5 Å². The van der Waals surface area contributed by atoms with Crippen LogP contribution < -0.4 is 10.2 Å². The summed E-state index contributed by atoms with van der Waals surface area (Å²) < 4.78 is 5.52. The van der Waals surface area contributed by atoms with E-state index >= 15 is 0 Å². The molecule has 37 heavy (non-hydrogen) atoms. The fourth-order valence-corrected chi connectivity index (χ4v) is 5.56. The van der Waals surface area contributed by atoms with Gasteiger partial charge in [0.15, 0.2) is 0 Å². The van der Waals surface area contributed by atoms with Gasteiger partial charge in [0, 0.05) is 30.9 Å². The van der Waals surface area contributed by atoms with Gasteiger partial charge in [0.1, 0.15) is 0 Å². The van der Waals surface area contributed by atoms with Crippen LogP contribution in [0.5, 0.6) is 0 Å². The number of hydrogen-bond donors (Lipinski definition) is 1. The fraction of sp³-hybridized carbons (Fsp3) is 0.500. The second-order valence-corrected chi connectivity index (χ2v) is 11.0. The molecule has 2 aliphatic heterocycles. The van der Waals surface area contributed by atoms with Gasteiger partial charge in [-0.25, -0.2) is 0 Å². The predicted molar refractivity (Wildman–Crippen MR) is 146 cm³/mol. The Bertz CT molecular complexity index is 1170. The van der Waals surface area contributed by atoms with Crippen LogP contribution in [0.15, 0.2) is 53.1 Å². The number of rotatable bonds is 7. The number of piperidine rings is 2. The third kappa shape index (κ3) is 6.39. The molecule has 0 bridgehead atoms. The van der Waals surface area contributed by atoms with Gasteiger partial charge in [-0.3, -0.25) is 9.69 Å². The van der Waals surface area contributed by atoms with E-state index in [9.17, 15) is 4.79 Å². The Balaban J connectivity index is 1.14. The molecule has 7 nitrogen and oxygen atoms in total. The minimum atomic E-state index is -0.0372. The number of anilines is 1. The van der Waals surface area contributed by atoms with Crippen LogP contribution in [0.2, 0.25) is 0 Å². The molecule has 3 heterocycles. The maximum atomic E-state index is 13.1. The SMILES string of the molecule is Cc1ccc(-c2noc(CN3CCCC(C(=O)NC(C)c4ccc(N5CCCC(C)C5)cc4)C3)n2)cc1. The van der Waals surface area contributed by atoms with E-state index in [2.05, 4.69) is 70.3 Å². The molecule has 1 amide bonds. The zero-order valence-corrected chi connectivity index (χ0v) is 22.3. The number of nitrogens with zero attached hydrogens (tertiary/aromatic N) is 4. The average Bonchev–Trinajstić information content (AvgIpc) is 3.37. The summed E-state index contributed by atoms with van der Waals surface area (Å²) in [6, 6.07) is 16.8. The minimum absolute atomic E-state index is 0.0230. The number of aromatic nitrogens is 2. The second-order valence-electron chi connectivity index (χ2n) is 11.0. The summed E-state index contributed by atoms with van der Waals surface area (Å²) in [6.07, 6.45) is 4.46. The number of likely N-dealkylation sites (tertiary alicyclic amines) is 1. The first-order valence-electron chi connectivity index (χ1n) is 13.7. The summed E-state index contributed by atoms with van der Waals surface area (Å²) in [7, 11) is 0. The Morgan fingerprint density at radius 1 is 1.05 bits per heavy atom. The van der Waals surface area contributed by atoms with E-state index in [1.807, 2.05) is 24.3 Å². The summed E-state index contributed by atoms with van der Waals surface area (Å²) in [4.78, 5) is 22.5. The van der Waals surface area contributed by atoms with Crippen LogP contribution in [0, 0.1) is 18.8 Å². The molecule has 2 aliphatic rings. The molecule has 196 valence electrons. The van der Waals surface area contributed by atoms with Crippen molar-refractivity contribution in [3.05, 3.63) is 65.5 Å². The highest BCUT2D eigenvalue weighted by atomic mass is 16.5. The molecule has 2 fully saturated rings. The molecule has 3 atom stereocenters. The van der Waals surface area contributed by atoms with E-state index in [1.165, 1.54) is 24.1 Å². The van der Waals surface area contributed by atoms with E-state index in [4.69, 9.17) is 4.52 Å². The van der Waals surface area contributed by atoms with E-state index in [-0.39, 0.29) is 17.9 Å². The first kappa shape index (κ1) is 25.5. The number of hydrogen-bond acceptors (Lipinski definition) is 6. The van der Waals surface area contributed by atoms with E-state index in [0.29, 0.717) is 24.8 Å². The smallest absolute Gasteiger partial charge is 0.241 e. The van der Waals surface area contributed by atoms with Crippen LogP contribution in [-0.4, -0.2) is 47.1 Å². The van der Waals surface area contributed by atoms with Gasteiger partial charge < -0.3 is 14.7 Å². The van der Waals surface area contributed by atoms with Crippen molar-refractivity contribution < 1.29 is 9.32 Å². The van der Waals surface area contributed by atoms with Crippen molar-refractivity contribution >= 4 is 11.6 Å². The summed E-state index contributed by atoms with van der Waals surface area (Å²) in [5, 5.41) is 7.41. The maximum absolute atomic E-state index is 13.1. The first-order valence-corrected chi connectivity index (χ1v) is 13.7. The van der Waals surface area contributed by atoms with Gasteiger partial charge in [-0.05, 0) is 69.7 Å². The van der Waals surface area contributed by atoms with Gasteiger partial charge in [-0.2, -0.15) is 4.98 Å². The van der Waals surface area contributed by atoms with Crippen LogP contribution in [0.3, 0.4) is 0 Å². The molecule has 0 aliphatic carbocycles. The van der Waals surface area contributed by atoms with Gasteiger partial charge in [0.2, 0.25) is 17.6 Å². The molecule has 2 saturated heterocycles. The normalized spacial score (nSPS) is 21.5.